The topological polar surface area (TPSA) is 118 Å². The number of ketones is 1. The monoisotopic (exact) mass is 639 g/mol. The summed E-state index contributed by atoms with van der Waals surface area (Å²) >= 11 is 0. The SMILES string of the molecule is C[C@H](NC(=O)OCC1c2ccccc2-c2ccccc21)C(=O)N[C@@H](Cc1ccc(OC(C)(C)C)cc1)C(=O)C(C#N)=S1CCCC1. The first-order chi connectivity index (χ1) is 22.0. The maximum atomic E-state index is 13.7. The molecule has 1 aliphatic carbocycles. The van der Waals surface area contributed by atoms with E-state index in [-0.39, 0.29) is 35.2 Å². The highest BCUT2D eigenvalue weighted by molar-refractivity contribution is 8.17. The Bertz CT molecular complexity index is 1630. The molecule has 1 aliphatic heterocycles. The second-order valence-electron chi connectivity index (χ2n) is 12.7. The Morgan fingerprint density at radius 2 is 1.50 bits per heavy atom. The molecule has 2 amide bonds. The molecule has 240 valence electrons. The Hall–Kier alpha value is -4.42. The van der Waals surface area contributed by atoms with E-state index in [0.717, 1.165) is 52.2 Å². The Morgan fingerprint density at radius 3 is 2.07 bits per heavy atom. The summed E-state index contributed by atoms with van der Waals surface area (Å²) in [6, 6.07) is 23.7. The maximum absolute atomic E-state index is 13.7. The molecule has 1 fully saturated rings. The van der Waals surface area contributed by atoms with Gasteiger partial charge >= 0.3 is 6.09 Å². The second-order valence-corrected chi connectivity index (χ2v) is 14.9. The lowest BCUT2D eigenvalue weighted by molar-refractivity contribution is -0.126. The summed E-state index contributed by atoms with van der Waals surface area (Å²) in [6.45, 7) is 7.56. The Labute approximate surface area is 273 Å². The summed E-state index contributed by atoms with van der Waals surface area (Å²) in [5, 5.41) is 15.4. The highest BCUT2D eigenvalue weighted by Crippen LogP contribution is 2.44. The van der Waals surface area contributed by atoms with Gasteiger partial charge in [0.15, 0.2) is 0 Å². The molecule has 1 heterocycles. The van der Waals surface area contributed by atoms with Crippen LogP contribution in [-0.2, 0) is 20.7 Å². The fourth-order valence-electron chi connectivity index (χ4n) is 5.95. The van der Waals surface area contributed by atoms with Crippen molar-refractivity contribution >= 4 is 33.1 Å². The number of amides is 2. The van der Waals surface area contributed by atoms with Crippen LogP contribution in [0.2, 0.25) is 0 Å². The Balaban J connectivity index is 1.25. The van der Waals surface area contributed by atoms with Crippen molar-refractivity contribution in [3.05, 3.63) is 89.5 Å². The summed E-state index contributed by atoms with van der Waals surface area (Å²) in [5.41, 5.74) is 4.88. The van der Waals surface area contributed by atoms with Crippen LogP contribution in [0.3, 0.4) is 0 Å². The van der Waals surface area contributed by atoms with E-state index in [9.17, 15) is 19.6 Å². The van der Waals surface area contributed by atoms with Crippen LogP contribution in [0, 0.1) is 11.3 Å². The fraction of sp³-hybridized carbons (Fsp3) is 0.378. The quantitative estimate of drug-likeness (QED) is 0.257. The van der Waals surface area contributed by atoms with Crippen LogP contribution in [0.4, 0.5) is 4.79 Å². The lowest BCUT2D eigenvalue weighted by atomic mass is 9.98. The van der Waals surface area contributed by atoms with Gasteiger partial charge in [0.2, 0.25) is 11.7 Å². The zero-order valence-corrected chi connectivity index (χ0v) is 27.6. The summed E-state index contributed by atoms with van der Waals surface area (Å²) in [7, 11) is -0.414. The number of carbonyl (C=O) groups excluding carboxylic acids is 3. The highest BCUT2D eigenvalue weighted by Gasteiger charge is 2.31. The predicted octanol–water partition coefficient (Wildman–Crippen LogP) is 6.15. The third-order valence-corrected chi connectivity index (χ3v) is 10.6. The highest BCUT2D eigenvalue weighted by atomic mass is 32.2. The first kappa shape index (κ1) is 33.0. The molecule has 0 unspecified atom stereocenters. The number of alkyl carbamates (subject to hydrolysis) is 1. The van der Waals surface area contributed by atoms with E-state index in [4.69, 9.17) is 9.47 Å². The fourth-order valence-corrected chi connectivity index (χ4v) is 8.22. The summed E-state index contributed by atoms with van der Waals surface area (Å²) in [6.07, 6.45) is 1.43. The molecular weight excluding hydrogens is 598 g/mol. The summed E-state index contributed by atoms with van der Waals surface area (Å²) in [5.74, 6) is 1.31. The molecule has 3 aromatic carbocycles. The third-order valence-electron chi connectivity index (χ3n) is 8.14. The van der Waals surface area contributed by atoms with Gasteiger partial charge < -0.3 is 20.1 Å². The zero-order chi connectivity index (χ0) is 32.8. The average Bonchev–Trinajstić information content (AvgIpc) is 3.67. The van der Waals surface area contributed by atoms with Crippen molar-refractivity contribution in [3.8, 4) is 22.9 Å². The number of ether oxygens (including phenoxy) is 2. The number of rotatable bonds is 10. The molecule has 2 atom stereocenters. The van der Waals surface area contributed by atoms with E-state index in [1.807, 2.05) is 81.4 Å². The second kappa shape index (κ2) is 14.3. The van der Waals surface area contributed by atoms with Gasteiger partial charge in [-0.25, -0.2) is 4.79 Å². The maximum Gasteiger partial charge on any atom is 0.407 e. The van der Waals surface area contributed by atoms with Crippen LogP contribution in [0.25, 0.3) is 11.1 Å². The van der Waals surface area contributed by atoms with Gasteiger partial charge in [-0.15, -0.1) is 0 Å². The van der Waals surface area contributed by atoms with Gasteiger partial charge in [-0.3, -0.25) is 9.59 Å². The minimum atomic E-state index is -0.979. The number of Topliss-reactive ketones (excluding diaryl/α,β-unsaturated/α-hetero) is 1. The molecule has 46 heavy (non-hydrogen) atoms. The largest absolute Gasteiger partial charge is 0.488 e. The summed E-state index contributed by atoms with van der Waals surface area (Å²) in [4.78, 5) is 40.2. The normalized spacial score (nSPS) is 15.5. The molecule has 2 aliphatic rings. The van der Waals surface area contributed by atoms with Gasteiger partial charge in [-0.05, 0) is 92.0 Å². The van der Waals surface area contributed by atoms with Gasteiger partial charge in [0.25, 0.3) is 0 Å². The minimum Gasteiger partial charge on any atom is -0.488 e. The smallest absolute Gasteiger partial charge is 0.407 e. The number of carbonyl (C=O) groups is 3. The molecule has 9 heteroatoms. The standard InChI is InChI=1S/C37H41N3O5S/c1-24(39-36(43)44-23-31-29-13-7-5-11-27(29)28-12-6-8-14-30(28)31)35(42)40-32(34(41)33(22-38)46-19-9-10-20-46)21-25-15-17-26(18-16-25)45-37(2,3)4/h5-8,11-18,24,31-32H,9-10,19-21,23H2,1-4H3,(H,39,43)(H,40,42)/t24-,32-/m0/s1. The van der Waals surface area contributed by atoms with Gasteiger partial charge in [-0.2, -0.15) is 15.7 Å². The van der Waals surface area contributed by atoms with E-state index in [2.05, 4.69) is 28.8 Å². The number of nitrogens with zero attached hydrogens (tertiary/aromatic N) is 1. The van der Waals surface area contributed by atoms with Crippen molar-refractivity contribution < 1.29 is 23.9 Å². The minimum absolute atomic E-state index is 0.110. The molecule has 3 aromatic rings. The molecule has 8 nitrogen and oxygen atoms in total. The van der Waals surface area contributed by atoms with Gasteiger partial charge in [0.1, 0.15) is 34.9 Å². The van der Waals surface area contributed by atoms with E-state index in [1.165, 1.54) is 0 Å². The number of hydrogen-bond acceptors (Lipinski definition) is 6. The first-order valence-corrected chi connectivity index (χ1v) is 17.3. The molecule has 2 N–H and O–H groups in total. The van der Waals surface area contributed by atoms with Crippen molar-refractivity contribution in [1.82, 2.24) is 10.6 Å². The van der Waals surface area contributed by atoms with Crippen molar-refractivity contribution in [2.75, 3.05) is 18.1 Å². The van der Waals surface area contributed by atoms with Crippen LogP contribution in [0.1, 0.15) is 63.1 Å². The van der Waals surface area contributed by atoms with E-state index in [1.54, 1.807) is 6.92 Å². The van der Waals surface area contributed by atoms with Gasteiger partial charge in [-0.1, -0.05) is 60.7 Å². The van der Waals surface area contributed by atoms with Crippen molar-refractivity contribution in [3.63, 3.8) is 0 Å². The van der Waals surface area contributed by atoms with Crippen molar-refractivity contribution in [1.29, 1.82) is 5.26 Å². The van der Waals surface area contributed by atoms with E-state index in [0.29, 0.717) is 5.75 Å². The number of nitrogens with one attached hydrogen (secondary N) is 2. The van der Waals surface area contributed by atoms with Crippen LogP contribution in [0.15, 0.2) is 72.8 Å². The molecule has 0 radical (unpaired) electrons. The predicted molar refractivity (Wildman–Crippen MR) is 182 cm³/mol. The lowest BCUT2D eigenvalue weighted by Gasteiger charge is -2.23. The summed E-state index contributed by atoms with van der Waals surface area (Å²) < 4.78 is 11.5. The average molecular weight is 640 g/mol. The Morgan fingerprint density at radius 1 is 0.913 bits per heavy atom. The van der Waals surface area contributed by atoms with Gasteiger partial charge in [0.05, 0.1) is 6.04 Å². The molecule has 0 saturated carbocycles. The van der Waals surface area contributed by atoms with Crippen LogP contribution in [-0.4, -0.2) is 58.4 Å². The van der Waals surface area contributed by atoms with Gasteiger partial charge in [0, 0.05) is 12.3 Å². The number of hydrogen-bond donors (Lipinski definition) is 2. The van der Waals surface area contributed by atoms with E-state index >= 15 is 0 Å². The third kappa shape index (κ3) is 7.86. The molecule has 1 saturated heterocycles. The van der Waals surface area contributed by atoms with Crippen LogP contribution < -0.4 is 15.4 Å². The number of benzene rings is 3. The van der Waals surface area contributed by atoms with Crippen molar-refractivity contribution in [2.24, 2.45) is 0 Å². The van der Waals surface area contributed by atoms with Crippen LogP contribution in [0.5, 0.6) is 5.75 Å². The molecule has 0 aromatic heterocycles. The number of fused-ring (bicyclic) bond motifs is 3. The van der Waals surface area contributed by atoms with E-state index < -0.39 is 34.6 Å². The Kier molecular flexibility index (Phi) is 10.3. The molecule has 0 spiro atoms. The van der Waals surface area contributed by atoms with Crippen LogP contribution >= 0.6 is 10.5 Å². The number of nitriles is 1. The van der Waals surface area contributed by atoms with Crippen molar-refractivity contribution in [2.45, 2.75) is 70.6 Å². The molecule has 0 bridgehead atoms. The molecular formula is C37H41N3O5S. The lowest BCUT2D eigenvalue weighted by Crippen LogP contribution is -2.52. The first-order valence-electron chi connectivity index (χ1n) is 15.7. The molecule has 5 rings (SSSR count). The zero-order valence-electron chi connectivity index (χ0n) is 26.8.